The summed E-state index contributed by atoms with van der Waals surface area (Å²) in [7, 11) is 1.61. The van der Waals surface area contributed by atoms with Crippen LogP contribution in [0.25, 0.3) is 0 Å². The van der Waals surface area contributed by atoms with Crippen LogP contribution >= 0.6 is 15.9 Å². The lowest BCUT2D eigenvalue weighted by Crippen LogP contribution is -2.35. The van der Waals surface area contributed by atoms with Crippen LogP contribution in [0.3, 0.4) is 0 Å². The number of ether oxygens (including phenoxy) is 1. The molecule has 0 aliphatic heterocycles. The van der Waals surface area contributed by atoms with E-state index in [2.05, 4.69) is 21.2 Å². The Balaban J connectivity index is 1.77. The van der Waals surface area contributed by atoms with E-state index in [1.54, 1.807) is 7.05 Å². The van der Waals surface area contributed by atoms with Gasteiger partial charge < -0.3 is 15.0 Å². The van der Waals surface area contributed by atoms with Gasteiger partial charge in [-0.1, -0.05) is 28.1 Å². The predicted molar refractivity (Wildman–Crippen MR) is 106 cm³/mol. The number of hydrogen-bond acceptors (Lipinski definition) is 3. The average Bonchev–Trinajstić information content (AvgIpc) is 2.57. The van der Waals surface area contributed by atoms with Crippen molar-refractivity contribution >= 4 is 33.4 Å². The molecule has 2 rings (SSSR count). The summed E-state index contributed by atoms with van der Waals surface area (Å²) in [5.41, 5.74) is 2.79. The van der Waals surface area contributed by atoms with Crippen LogP contribution in [0.2, 0.25) is 0 Å². The molecule has 0 spiro atoms. The molecule has 26 heavy (non-hydrogen) atoms. The molecule has 0 aliphatic rings. The smallest absolute Gasteiger partial charge is 0.243 e. The third kappa shape index (κ3) is 6.19. The van der Waals surface area contributed by atoms with Gasteiger partial charge in [-0.2, -0.15) is 0 Å². The summed E-state index contributed by atoms with van der Waals surface area (Å²) in [6.07, 6.45) is 0.217. The molecule has 0 aromatic heterocycles. The third-order valence-electron chi connectivity index (χ3n) is 3.84. The minimum atomic E-state index is -0.231. The average molecular weight is 419 g/mol. The first-order valence-corrected chi connectivity index (χ1v) is 9.14. The van der Waals surface area contributed by atoms with E-state index in [0.717, 1.165) is 27.0 Å². The Morgan fingerprint density at radius 2 is 1.92 bits per heavy atom. The number of amides is 2. The van der Waals surface area contributed by atoms with Gasteiger partial charge in [0, 0.05) is 17.2 Å². The molecule has 0 atom stereocenters. The van der Waals surface area contributed by atoms with Crippen molar-refractivity contribution in [2.75, 3.05) is 25.5 Å². The van der Waals surface area contributed by atoms with Crippen molar-refractivity contribution in [1.29, 1.82) is 0 Å². The number of halogens is 1. The molecule has 0 saturated heterocycles. The van der Waals surface area contributed by atoms with E-state index in [4.69, 9.17) is 4.74 Å². The van der Waals surface area contributed by atoms with Crippen LogP contribution in [-0.2, 0) is 9.59 Å². The first-order chi connectivity index (χ1) is 12.3. The van der Waals surface area contributed by atoms with Gasteiger partial charge in [-0.05, 0) is 55.3 Å². The van der Waals surface area contributed by atoms with Gasteiger partial charge in [0.25, 0.3) is 0 Å². The van der Waals surface area contributed by atoms with Gasteiger partial charge in [-0.25, -0.2) is 0 Å². The fraction of sp³-hybridized carbons (Fsp3) is 0.300. The van der Waals surface area contributed by atoms with E-state index in [1.807, 2.05) is 56.3 Å². The summed E-state index contributed by atoms with van der Waals surface area (Å²) in [5, 5.41) is 2.83. The fourth-order valence-electron chi connectivity index (χ4n) is 2.41. The number of benzene rings is 2. The van der Waals surface area contributed by atoms with Crippen molar-refractivity contribution in [1.82, 2.24) is 4.90 Å². The second-order valence-corrected chi connectivity index (χ2v) is 7.09. The van der Waals surface area contributed by atoms with E-state index in [-0.39, 0.29) is 31.4 Å². The van der Waals surface area contributed by atoms with E-state index < -0.39 is 0 Å². The van der Waals surface area contributed by atoms with Gasteiger partial charge in [-0.3, -0.25) is 9.59 Å². The van der Waals surface area contributed by atoms with Crippen LogP contribution in [0.5, 0.6) is 5.75 Å². The van der Waals surface area contributed by atoms with E-state index >= 15 is 0 Å². The molecule has 1 N–H and O–H groups in total. The number of aryl methyl sites for hydroxylation is 2. The second kappa shape index (κ2) is 9.38. The summed E-state index contributed by atoms with van der Waals surface area (Å²) < 4.78 is 6.54. The summed E-state index contributed by atoms with van der Waals surface area (Å²) in [6, 6.07) is 13.3. The largest absolute Gasteiger partial charge is 0.493 e. The standard InChI is InChI=1S/C20H23BrN2O3/c1-14-5-4-6-17(11-14)26-10-9-20(25)23(3)13-19(24)22-18-8-7-16(21)12-15(18)2/h4-8,11-12H,9-10,13H2,1-3H3,(H,22,24). The predicted octanol–water partition coefficient (Wildman–Crippen LogP) is 3.93. The molecule has 0 saturated carbocycles. The number of nitrogens with zero attached hydrogens (tertiary/aromatic N) is 1. The molecule has 6 heteroatoms. The Morgan fingerprint density at radius 3 is 2.62 bits per heavy atom. The first-order valence-electron chi connectivity index (χ1n) is 8.34. The molecule has 0 unspecified atom stereocenters. The van der Waals surface area contributed by atoms with Crippen molar-refractivity contribution in [3.8, 4) is 5.75 Å². The lowest BCUT2D eigenvalue weighted by molar-refractivity contribution is -0.133. The number of likely N-dealkylation sites (N-methyl/N-ethyl adjacent to an activating group) is 1. The first kappa shape index (κ1) is 20.0. The number of nitrogens with one attached hydrogen (secondary N) is 1. The Labute approximate surface area is 162 Å². The molecule has 2 amide bonds. The van der Waals surface area contributed by atoms with Crippen LogP contribution in [0.1, 0.15) is 17.5 Å². The number of carbonyl (C=O) groups is 2. The van der Waals surface area contributed by atoms with Gasteiger partial charge in [0.15, 0.2) is 0 Å². The molecule has 5 nitrogen and oxygen atoms in total. The highest BCUT2D eigenvalue weighted by molar-refractivity contribution is 9.10. The van der Waals surface area contributed by atoms with Gasteiger partial charge in [-0.15, -0.1) is 0 Å². The number of anilines is 1. The van der Waals surface area contributed by atoms with Gasteiger partial charge >= 0.3 is 0 Å². The lowest BCUT2D eigenvalue weighted by Gasteiger charge is -2.17. The zero-order valence-electron chi connectivity index (χ0n) is 15.2. The fourth-order valence-corrected chi connectivity index (χ4v) is 2.89. The summed E-state index contributed by atoms with van der Waals surface area (Å²) >= 11 is 3.39. The lowest BCUT2D eigenvalue weighted by atomic mass is 10.2. The minimum absolute atomic E-state index is 0.00121. The van der Waals surface area contributed by atoms with Crippen molar-refractivity contribution in [3.63, 3.8) is 0 Å². The minimum Gasteiger partial charge on any atom is -0.493 e. The molecule has 2 aromatic carbocycles. The Morgan fingerprint density at radius 1 is 1.15 bits per heavy atom. The normalized spacial score (nSPS) is 10.3. The van der Waals surface area contributed by atoms with Gasteiger partial charge in [0.05, 0.1) is 19.6 Å². The maximum Gasteiger partial charge on any atom is 0.243 e. The van der Waals surface area contributed by atoms with E-state index in [0.29, 0.717) is 0 Å². The van der Waals surface area contributed by atoms with Gasteiger partial charge in [0.1, 0.15) is 5.75 Å². The van der Waals surface area contributed by atoms with Crippen LogP contribution in [-0.4, -0.2) is 36.9 Å². The summed E-state index contributed by atoms with van der Waals surface area (Å²) in [5.74, 6) is 0.370. The highest BCUT2D eigenvalue weighted by Gasteiger charge is 2.14. The molecule has 138 valence electrons. The SMILES string of the molecule is Cc1cccc(OCCC(=O)N(C)CC(=O)Nc2ccc(Br)cc2C)c1. The molecule has 0 heterocycles. The highest BCUT2D eigenvalue weighted by atomic mass is 79.9. The maximum atomic E-state index is 12.2. The third-order valence-corrected chi connectivity index (χ3v) is 4.34. The molecular weight excluding hydrogens is 396 g/mol. The Kier molecular flexibility index (Phi) is 7.21. The van der Waals surface area contributed by atoms with Crippen molar-refractivity contribution in [2.24, 2.45) is 0 Å². The van der Waals surface area contributed by atoms with Crippen molar-refractivity contribution < 1.29 is 14.3 Å². The zero-order valence-corrected chi connectivity index (χ0v) is 16.8. The summed E-state index contributed by atoms with van der Waals surface area (Å²) in [4.78, 5) is 25.7. The zero-order chi connectivity index (χ0) is 19.1. The van der Waals surface area contributed by atoms with Crippen LogP contribution in [0.4, 0.5) is 5.69 Å². The monoisotopic (exact) mass is 418 g/mol. The van der Waals surface area contributed by atoms with Crippen LogP contribution in [0, 0.1) is 13.8 Å². The molecule has 2 aromatic rings. The quantitative estimate of drug-likeness (QED) is 0.740. The van der Waals surface area contributed by atoms with Crippen molar-refractivity contribution in [2.45, 2.75) is 20.3 Å². The summed E-state index contributed by atoms with van der Waals surface area (Å²) in [6.45, 7) is 4.17. The van der Waals surface area contributed by atoms with Crippen LogP contribution in [0.15, 0.2) is 46.9 Å². The highest BCUT2D eigenvalue weighted by Crippen LogP contribution is 2.20. The van der Waals surface area contributed by atoms with Gasteiger partial charge in [0.2, 0.25) is 11.8 Å². The molecule has 0 fully saturated rings. The van der Waals surface area contributed by atoms with Crippen LogP contribution < -0.4 is 10.1 Å². The van der Waals surface area contributed by atoms with E-state index in [9.17, 15) is 9.59 Å². The Hall–Kier alpha value is -2.34. The molecular formula is C20H23BrN2O3. The number of rotatable bonds is 7. The number of carbonyl (C=O) groups excluding carboxylic acids is 2. The molecule has 0 aliphatic carbocycles. The Bertz CT molecular complexity index is 792. The number of hydrogen-bond donors (Lipinski definition) is 1. The van der Waals surface area contributed by atoms with Crippen molar-refractivity contribution in [3.05, 3.63) is 58.1 Å². The molecule has 0 bridgehead atoms. The molecule has 0 radical (unpaired) electrons. The second-order valence-electron chi connectivity index (χ2n) is 6.17. The van der Waals surface area contributed by atoms with E-state index in [1.165, 1.54) is 4.90 Å². The maximum absolute atomic E-state index is 12.2. The topological polar surface area (TPSA) is 58.6 Å².